The quantitative estimate of drug-likeness (QED) is 0.144. The number of esters is 5. The molecule has 0 spiro atoms. The molecule has 0 bridgehead atoms. The average molecular weight is 1030 g/mol. The third-order valence-corrected chi connectivity index (χ3v) is 9.44. The maximum absolute atomic E-state index is 14.0. The van der Waals surface area contributed by atoms with Crippen LogP contribution in [0.1, 0.15) is 55.3 Å². The van der Waals surface area contributed by atoms with E-state index in [2.05, 4.69) is 10.6 Å². The fourth-order valence-electron chi connectivity index (χ4n) is 4.18. The first-order valence-electron chi connectivity index (χ1n) is 14.3. The van der Waals surface area contributed by atoms with Crippen LogP contribution < -0.4 is 15.5 Å². The number of anilines is 1. The number of carbonyl (C=O) groups excluding carboxylic acids is 8. The molecular weight excluding hydrogens is 995 g/mol. The summed E-state index contributed by atoms with van der Waals surface area (Å²) in [7, 11) is 0. The standard InChI is InChI=1S/C29H34I3N3O14/c1-13(36)45-6-18(7-46-14(2)37)33-28(42)22-24(30)23(29(43)34-19(8-47-15(3)38)9-48-16(4)39)26(32)27(25(22)31)35-20(11-49-17(5)40)10-44-12-21(35)41/h18-20H,6-12H2,1-5H3,(H,33,42)(H,34,43). The number of ether oxygens (including phenoxy) is 6. The average Bonchev–Trinajstić information content (AvgIpc) is 2.99. The molecule has 1 aromatic carbocycles. The molecule has 1 aromatic rings. The van der Waals surface area contributed by atoms with Crippen molar-refractivity contribution < 1.29 is 66.8 Å². The summed E-state index contributed by atoms with van der Waals surface area (Å²) in [4.78, 5) is 100. The number of amides is 3. The van der Waals surface area contributed by atoms with Crippen LogP contribution in [0.2, 0.25) is 0 Å². The zero-order chi connectivity index (χ0) is 37.0. The number of rotatable bonds is 15. The zero-order valence-electron chi connectivity index (χ0n) is 27.0. The second-order valence-electron chi connectivity index (χ2n) is 10.3. The number of morpholine rings is 1. The highest BCUT2D eigenvalue weighted by Gasteiger charge is 2.38. The van der Waals surface area contributed by atoms with E-state index in [-0.39, 0.29) is 73.8 Å². The summed E-state index contributed by atoms with van der Waals surface area (Å²) in [5.74, 6) is -5.32. The first kappa shape index (κ1) is 42.3. The fraction of sp³-hybridized carbons (Fsp3) is 0.517. The van der Waals surface area contributed by atoms with Crippen LogP contribution in [0, 0.1) is 10.7 Å². The maximum atomic E-state index is 14.0. The van der Waals surface area contributed by atoms with Gasteiger partial charge in [0.1, 0.15) is 39.6 Å². The third-order valence-electron chi connectivity index (χ3n) is 6.26. The molecule has 3 amide bonds. The molecule has 0 radical (unpaired) electrons. The van der Waals surface area contributed by atoms with Crippen molar-refractivity contribution in [3.05, 3.63) is 21.8 Å². The second kappa shape index (κ2) is 20.1. The first-order valence-corrected chi connectivity index (χ1v) is 17.6. The van der Waals surface area contributed by atoms with Gasteiger partial charge in [0.05, 0.1) is 48.7 Å². The van der Waals surface area contributed by atoms with E-state index in [1.807, 2.05) is 45.2 Å². The van der Waals surface area contributed by atoms with Crippen molar-refractivity contribution in [2.45, 2.75) is 52.7 Å². The summed E-state index contributed by atoms with van der Waals surface area (Å²) in [5, 5.41) is 5.32. The summed E-state index contributed by atoms with van der Waals surface area (Å²) < 4.78 is 31.3. The fourth-order valence-corrected chi connectivity index (χ4v) is 8.85. The maximum Gasteiger partial charge on any atom is 0.302 e. The molecule has 270 valence electrons. The van der Waals surface area contributed by atoms with Crippen molar-refractivity contribution >= 4 is 121 Å². The summed E-state index contributed by atoms with van der Waals surface area (Å²) in [5.41, 5.74) is -0.00524. The highest BCUT2D eigenvalue weighted by molar-refractivity contribution is 14.1. The number of benzene rings is 1. The Balaban J connectivity index is 2.77. The Morgan fingerprint density at radius 2 is 1.04 bits per heavy atom. The van der Waals surface area contributed by atoms with Crippen LogP contribution in [0.25, 0.3) is 0 Å². The van der Waals surface area contributed by atoms with Gasteiger partial charge in [-0.3, -0.25) is 43.3 Å². The molecule has 1 aliphatic rings. The third kappa shape index (κ3) is 13.1. The van der Waals surface area contributed by atoms with Gasteiger partial charge in [-0.2, -0.15) is 0 Å². The summed E-state index contributed by atoms with van der Waals surface area (Å²) in [6.45, 7) is 3.77. The van der Waals surface area contributed by atoms with E-state index in [0.29, 0.717) is 0 Å². The van der Waals surface area contributed by atoms with Crippen molar-refractivity contribution in [3.63, 3.8) is 0 Å². The Kier molecular flexibility index (Phi) is 17.3. The van der Waals surface area contributed by atoms with Gasteiger partial charge < -0.3 is 39.1 Å². The SMILES string of the molecule is CC(=O)OCC(COC(C)=O)NC(=O)c1c(I)c(C(=O)NC(COC(C)=O)COC(C)=O)c(I)c(N2C(=O)COCC2COC(C)=O)c1I. The molecule has 1 fully saturated rings. The van der Waals surface area contributed by atoms with E-state index in [1.54, 1.807) is 22.6 Å². The van der Waals surface area contributed by atoms with E-state index in [4.69, 9.17) is 28.4 Å². The Hall–Kier alpha value is -2.87. The van der Waals surface area contributed by atoms with E-state index < -0.39 is 65.7 Å². The second-order valence-corrected chi connectivity index (χ2v) is 13.6. The lowest BCUT2D eigenvalue weighted by Gasteiger charge is -2.37. The predicted molar refractivity (Wildman–Crippen MR) is 192 cm³/mol. The van der Waals surface area contributed by atoms with Crippen LogP contribution in [0.3, 0.4) is 0 Å². The lowest BCUT2D eigenvalue weighted by atomic mass is 10.0. The molecular formula is C29H34I3N3O14. The monoisotopic (exact) mass is 1030 g/mol. The van der Waals surface area contributed by atoms with Gasteiger partial charge in [0, 0.05) is 38.2 Å². The van der Waals surface area contributed by atoms with Crippen LogP contribution in [0.4, 0.5) is 5.69 Å². The molecule has 1 aliphatic heterocycles. The molecule has 2 rings (SSSR count). The van der Waals surface area contributed by atoms with Crippen LogP contribution in [0.5, 0.6) is 0 Å². The topological polar surface area (TPSA) is 219 Å². The number of hydrogen-bond acceptors (Lipinski definition) is 14. The minimum atomic E-state index is -1.01. The lowest BCUT2D eigenvalue weighted by molar-refractivity contribution is -0.146. The van der Waals surface area contributed by atoms with Gasteiger partial charge in [0.25, 0.3) is 17.7 Å². The number of nitrogens with one attached hydrogen (secondary N) is 2. The van der Waals surface area contributed by atoms with E-state index >= 15 is 0 Å². The van der Waals surface area contributed by atoms with Crippen LogP contribution in [-0.2, 0) is 57.2 Å². The first-order chi connectivity index (χ1) is 22.9. The highest BCUT2D eigenvalue weighted by atomic mass is 127. The number of nitrogens with zero attached hydrogens (tertiary/aromatic N) is 1. The van der Waals surface area contributed by atoms with Gasteiger partial charge in [-0.05, 0) is 67.8 Å². The van der Waals surface area contributed by atoms with Gasteiger partial charge in [0.15, 0.2) is 0 Å². The summed E-state index contributed by atoms with van der Waals surface area (Å²) in [6, 6.07) is -2.86. The number of carbonyl (C=O) groups is 8. The van der Waals surface area contributed by atoms with Crippen molar-refractivity contribution in [1.29, 1.82) is 0 Å². The van der Waals surface area contributed by atoms with Crippen LogP contribution in [-0.4, -0.2) is 112 Å². The van der Waals surface area contributed by atoms with E-state index in [1.165, 1.54) is 11.8 Å². The Labute approximate surface area is 321 Å². The Bertz CT molecular complexity index is 1370. The number of hydrogen-bond donors (Lipinski definition) is 2. The van der Waals surface area contributed by atoms with E-state index in [0.717, 1.165) is 27.7 Å². The molecule has 49 heavy (non-hydrogen) atoms. The molecule has 0 saturated carbocycles. The Morgan fingerprint density at radius 1 is 0.673 bits per heavy atom. The van der Waals surface area contributed by atoms with Crippen LogP contribution in [0.15, 0.2) is 0 Å². The van der Waals surface area contributed by atoms with Crippen molar-refractivity contribution in [2.24, 2.45) is 0 Å². The molecule has 17 nitrogen and oxygen atoms in total. The Morgan fingerprint density at radius 3 is 1.39 bits per heavy atom. The molecule has 1 unspecified atom stereocenters. The molecule has 20 heteroatoms. The van der Waals surface area contributed by atoms with Gasteiger partial charge in [-0.15, -0.1) is 0 Å². The minimum Gasteiger partial charge on any atom is -0.464 e. The normalized spacial score (nSPS) is 14.2. The van der Waals surface area contributed by atoms with Crippen molar-refractivity contribution in [1.82, 2.24) is 10.6 Å². The largest absolute Gasteiger partial charge is 0.464 e. The summed E-state index contributed by atoms with van der Waals surface area (Å²) in [6.07, 6.45) is 0. The predicted octanol–water partition coefficient (Wildman–Crippen LogP) is 1.24. The lowest BCUT2D eigenvalue weighted by Crippen LogP contribution is -2.53. The smallest absolute Gasteiger partial charge is 0.302 e. The molecule has 2 N–H and O–H groups in total. The number of halogens is 3. The van der Waals surface area contributed by atoms with Gasteiger partial charge >= 0.3 is 29.8 Å². The molecule has 1 atom stereocenters. The summed E-state index contributed by atoms with van der Waals surface area (Å²) >= 11 is 5.51. The highest BCUT2D eigenvalue weighted by Crippen LogP contribution is 2.39. The molecule has 0 aliphatic carbocycles. The zero-order valence-corrected chi connectivity index (χ0v) is 33.5. The van der Waals surface area contributed by atoms with Gasteiger partial charge in [-0.1, -0.05) is 0 Å². The molecule has 0 aromatic heterocycles. The van der Waals surface area contributed by atoms with Gasteiger partial charge in [-0.25, -0.2) is 0 Å². The van der Waals surface area contributed by atoms with Crippen molar-refractivity contribution in [3.8, 4) is 0 Å². The molecule has 1 saturated heterocycles. The molecule has 1 heterocycles. The van der Waals surface area contributed by atoms with Crippen molar-refractivity contribution in [2.75, 3.05) is 51.1 Å². The minimum absolute atomic E-state index is 0.0418. The van der Waals surface area contributed by atoms with E-state index in [9.17, 15) is 38.4 Å². The van der Waals surface area contributed by atoms with Crippen LogP contribution >= 0.6 is 67.8 Å². The van der Waals surface area contributed by atoms with Gasteiger partial charge in [0.2, 0.25) is 0 Å².